The van der Waals surface area contributed by atoms with E-state index in [9.17, 15) is 9.90 Å². The molecule has 0 aliphatic carbocycles. The number of benzene rings is 2. The first kappa shape index (κ1) is 24.1. The van der Waals surface area contributed by atoms with Crippen LogP contribution in [0.5, 0.6) is 11.5 Å². The van der Waals surface area contributed by atoms with Crippen molar-refractivity contribution < 1.29 is 14.6 Å². The molecule has 6 nitrogen and oxygen atoms in total. The number of carbonyl (C=O) groups excluding carboxylic acids is 1. The monoisotopic (exact) mass is 461 g/mol. The Morgan fingerprint density at radius 2 is 1.74 bits per heavy atom. The van der Waals surface area contributed by atoms with Crippen molar-refractivity contribution in [2.24, 2.45) is 5.92 Å². The number of amides is 1. The maximum atomic E-state index is 12.6. The number of aromatic hydroxyl groups is 1. The summed E-state index contributed by atoms with van der Waals surface area (Å²) in [7, 11) is 0. The zero-order chi connectivity index (χ0) is 24.1. The number of carbonyl (C=O) groups is 1. The molecule has 1 N–H and O–H groups in total. The first-order valence-electron chi connectivity index (χ1n) is 12.4. The second-order valence-electron chi connectivity index (χ2n) is 10.00. The summed E-state index contributed by atoms with van der Waals surface area (Å²) in [5, 5.41) is 18.7. The summed E-state index contributed by atoms with van der Waals surface area (Å²) in [5.41, 5.74) is 1.67. The third kappa shape index (κ3) is 5.90. The van der Waals surface area contributed by atoms with Crippen molar-refractivity contribution in [2.75, 3.05) is 19.6 Å². The Bertz CT molecular complexity index is 983. The SMILES string of the molecule is CC(C)CC(=O)N1CC2CCC(C1)N2CCCC(Oc1ccc(O)cc1)c1ccc(C#N)cc1. The van der Waals surface area contributed by atoms with Crippen molar-refractivity contribution in [2.45, 2.75) is 64.1 Å². The van der Waals surface area contributed by atoms with Crippen molar-refractivity contribution in [3.8, 4) is 17.6 Å². The van der Waals surface area contributed by atoms with Crippen LogP contribution in [0.15, 0.2) is 48.5 Å². The molecule has 3 atom stereocenters. The molecule has 0 aromatic heterocycles. The van der Waals surface area contributed by atoms with E-state index < -0.39 is 0 Å². The van der Waals surface area contributed by atoms with Gasteiger partial charge in [-0.3, -0.25) is 9.69 Å². The molecule has 2 aromatic rings. The van der Waals surface area contributed by atoms with E-state index in [-0.39, 0.29) is 11.9 Å². The predicted octanol–water partition coefficient (Wildman–Crippen LogP) is 4.89. The van der Waals surface area contributed by atoms with Crippen molar-refractivity contribution >= 4 is 5.91 Å². The van der Waals surface area contributed by atoms with Crippen molar-refractivity contribution in [3.63, 3.8) is 0 Å². The lowest BCUT2D eigenvalue weighted by atomic mass is 10.0. The van der Waals surface area contributed by atoms with Gasteiger partial charge in [0.25, 0.3) is 0 Å². The Kier molecular flexibility index (Phi) is 7.74. The number of fused-ring (bicyclic) bond motifs is 2. The summed E-state index contributed by atoms with van der Waals surface area (Å²) in [6, 6.07) is 17.5. The van der Waals surface area contributed by atoms with Gasteiger partial charge in [-0.2, -0.15) is 5.26 Å². The standard InChI is InChI=1S/C28H35N3O3/c1-20(2)16-28(33)30-18-23-9-10-24(19-30)31(23)15-3-4-27(22-7-5-21(17-29)6-8-22)34-26-13-11-25(32)12-14-26/h5-8,11-14,20,23-24,27,32H,3-4,9-10,15-16,18-19H2,1-2H3. The largest absolute Gasteiger partial charge is 0.508 e. The van der Waals surface area contributed by atoms with Crippen LogP contribution in [0.4, 0.5) is 0 Å². The molecule has 180 valence electrons. The fraction of sp³-hybridized carbons (Fsp3) is 0.500. The lowest BCUT2D eigenvalue weighted by Crippen LogP contribution is -2.55. The minimum Gasteiger partial charge on any atom is -0.508 e. The van der Waals surface area contributed by atoms with Gasteiger partial charge in [0.2, 0.25) is 5.91 Å². The number of phenolic OH excluding ortho intramolecular Hbond substituents is 1. The summed E-state index contributed by atoms with van der Waals surface area (Å²) in [5.74, 6) is 1.62. The summed E-state index contributed by atoms with van der Waals surface area (Å²) in [4.78, 5) is 17.3. The molecule has 2 fully saturated rings. The van der Waals surface area contributed by atoms with Crippen LogP contribution in [0.1, 0.15) is 63.2 Å². The molecule has 6 heteroatoms. The Morgan fingerprint density at radius 1 is 1.09 bits per heavy atom. The zero-order valence-electron chi connectivity index (χ0n) is 20.2. The molecule has 2 aliphatic heterocycles. The second-order valence-corrected chi connectivity index (χ2v) is 10.00. The Hall–Kier alpha value is -3.04. The summed E-state index contributed by atoms with van der Waals surface area (Å²) >= 11 is 0. The maximum absolute atomic E-state index is 12.6. The molecule has 4 rings (SSSR count). The number of hydrogen-bond donors (Lipinski definition) is 1. The van der Waals surface area contributed by atoms with Gasteiger partial charge in [0.1, 0.15) is 17.6 Å². The van der Waals surface area contributed by atoms with Gasteiger partial charge < -0.3 is 14.7 Å². The third-order valence-corrected chi connectivity index (χ3v) is 6.98. The highest BCUT2D eigenvalue weighted by atomic mass is 16.5. The molecule has 2 aromatic carbocycles. The third-order valence-electron chi connectivity index (χ3n) is 6.98. The molecule has 34 heavy (non-hydrogen) atoms. The Labute approximate surface area is 202 Å². The average molecular weight is 462 g/mol. The van der Waals surface area contributed by atoms with Gasteiger partial charge in [0, 0.05) is 31.6 Å². The number of hydrogen-bond acceptors (Lipinski definition) is 5. The molecule has 2 aliphatic rings. The number of nitrogens with zero attached hydrogens (tertiary/aromatic N) is 3. The van der Waals surface area contributed by atoms with Gasteiger partial charge in [-0.05, 0) is 80.1 Å². The Morgan fingerprint density at radius 3 is 2.32 bits per heavy atom. The van der Waals surface area contributed by atoms with E-state index in [2.05, 4.69) is 29.7 Å². The van der Waals surface area contributed by atoms with E-state index in [0.29, 0.717) is 41.6 Å². The van der Waals surface area contributed by atoms with Crippen LogP contribution in [0.2, 0.25) is 0 Å². The average Bonchev–Trinajstić information content (AvgIpc) is 3.05. The number of nitriles is 1. The van der Waals surface area contributed by atoms with Gasteiger partial charge in [0.05, 0.1) is 11.6 Å². The van der Waals surface area contributed by atoms with Crippen molar-refractivity contribution in [1.82, 2.24) is 9.80 Å². The molecule has 3 unspecified atom stereocenters. The molecule has 1 amide bonds. The van der Waals surface area contributed by atoms with Gasteiger partial charge in [-0.25, -0.2) is 0 Å². The van der Waals surface area contributed by atoms with Crippen molar-refractivity contribution in [3.05, 3.63) is 59.7 Å². The van der Waals surface area contributed by atoms with E-state index in [1.165, 1.54) is 12.8 Å². The maximum Gasteiger partial charge on any atom is 0.222 e. The molecule has 0 radical (unpaired) electrons. The number of ether oxygens (including phenoxy) is 1. The van der Waals surface area contributed by atoms with E-state index in [4.69, 9.17) is 10.00 Å². The van der Waals surface area contributed by atoms with E-state index in [1.807, 2.05) is 24.3 Å². The highest BCUT2D eigenvalue weighted by Crippen LogP contribution is 2.33. The lowest BCUT2D eigenvalue weighted by Gasteiger charge is -2.41. The first-order chi connectivity index (χ1) is 16.4. The number of likely N-dealkylation sites (tertiary alicyclic amines) is 1. The molecule has 2 saturated heterocycles. The summed E-state index contributed by atoms with van der Waals surface area (Å²) in [6.45, 7) is 6.91. The van der Waals surface area contributed by atoms with Gasteiger partial charge in [-0.1, -0.05) is 26.0 Å². The van der Waals surface area contributed by atoms with Crippen LogP contribution in [-0.4, -0.2) is 52.5 Å². The number of rotatable bonds is 9. The number of piperazine rings is 1. The number of phenols is 1. The minimum atomic E-state index is -0.135. The molecule has 2 heterocycles. The van der Waals surface area contributed by atoms with Gasteiger partial charge in [0.15, 0.2) is 0 Å². The van der Waals surface area contributed by atoms with Crippen molar-refractivity contribution in [1.29, 1.82) is 5.26 Å². The van der Waals surface area contributed by atoms with E-state index >= 15 is 0 Å². The smallest absolute Gasteiger partial charge is 0.222 e. The van der Waals surface area contributed by atoms with Crippen LogP contribution in [-0.2, 0) is 4.79 Å². The second kappa shape index (κ2) is 10.9. The molecular weight excluding hydrogens is 426 g/mol. The van der Waals surface area contributed by atoms with Gasteiger partial charge >= 0.3 is 0 Å². The minimum absolute atomic E-state index is 0.135. The fourth-order valence-electron chi connectivity index (χ4n) is 5.25. The fourth-order valence-corrected chi connectivity index (χ4v) is 5.25. The summed E-state index contributed by atoms with van der Waals surface area (Å²) in [6.07, 6.45) is 4.66. The predicted molar refractivity (Wildman–Crippen MR) is 131 cm³/mol. The highest BCUT2D eigenvalue weighted by Gasteiger charge is 2.40. The zero-order valence-corrected chi connectivity index (χ0v) is 20.2. The van der Waals surface area contributed by atoms with Gasteiger partial charge in [-0.15, -0.1) is 0 Å². The molecular formula is C28H35N3O3. The van der Waals surface area contributed by atoms with Crippen LogP contribution >= 0.6 is 0 Å². The Balaban J connectivity index is 1.37. The first-order valence-corrected chi connectivity index (χ1v) is 12.4. The van der Waals surface area contributed by atoms with Crippen LogP contribution < -0.4 is 4.74 Å². The molecule has 2 bridgehead atoms. The van der Waals surface area contributed by atoms with Crippen LogP contribution in [0, 0.1) is 17.2 Å². The van der Waals surface area contributed by atoms with E-state index in [1.54, 1.807) is 24.3 Å². The summed E-state index contributed by atoms with van der Waals surface area (Å²) < 4.78 is 6.31. The van der Waals surface area contributed by atoms with Crippen LogP contribution in [0.3, 0.4) is 0 Å². The normalized spacial score (nSPS) is 20.8. The quantitative estimate of drug-likeness (QED) is 0.576. The van der Waals surface area contributed by atoms with E-state index in [0.717, 1.165) is 38.0 Å². The molecule has 0 saturated carbocycles. The lowest BCUT2D eigenvalue weighted by molar-refractivity contribution is -0.135. The van der Waals surface area contributed by atoms with Crippen LogP contribution in [0.25, 0.3) is 0 Å². The molecule has 0 spiro atoms. The topological polar surface area (TPSA) is 76.8 Å². The highest BCUT2D eigenvalue weighted by molar-refractivity contribution is 5.76.